The summed E-state index contributed by atoms with van der Waals surface area (Å²) in [5.74, 6) is -1.23. The number of carbonyl (C=O) groups is 1. The fourth-order valence-corrected chi connectivity index (χ4v) is 3.38. The zero-order valence-electron chi connectivity index (χ0n) is 11.1. The summed E-state index contributed by atoms with van der Waals surface area (Å²) in [5, 5.41) is 17.6. The highest BCUT2D eigenvalue weighted by atomic mass is 35.5. The number of aromatic carboxylic acids is 1. The van der Waals surface area contributed by atoms with Gasteiger partial charge in [-0.3, -0.25) is 0 Å². The summed E-state index contributed by atoms with van der Waals surface area (Å²) in [7, 11) is -3.84. The monoisotopic (exact) mass is 321 g/mol. The molecule has 20 heavy (non-hydrogen) atoms. The van der Waals surface area contributed by atoms with E-state index in [2.05, 4.69) is 4.72 Å². The topological polar surface area (TPSA) is 104 Å². The summed E-state index contributed by atoms with van der Waals surface area (Å²) < 4.78 is 26.7. The van der Waals surface area contributed by atoms with Crippen molar-refractivity contribution in [1.29, 1.82) is 0 Å². The predicted octanol–water partition coefficient (Wildman–Crippen LogP) is 1.48. The van der Waals surface area contributed by atoms with Gasteiger partial charge in [-0.15, -0.1) is 0 Å². The number of hydrogen-bond donors (Lipinski definition) is 3. The molecule has 0 aliphatic rings. The highest BCUT2D eigenvalue weighted by Gasteiger charge is 2.26. The second-order valence-electron chi connectivity index (χ2n) is 4.91. The third kappa shape index (κ3) is 4.17. The maximum atomic E-state index is 12.2. The largest absolute Gasteiger partial charge is 0.478 e. The van der Waals surface area contributed by atoms with Crippen molar-refractivity contribution in [3.63, 3.8) is 0 Å². The lowest BCUT2D eigenvalue weighted by molar-refractivity contribution is 0.0697. The van der Waals surface area contributed by atoms with Gasteiger partial charge in [-0.1, -0.05) is 11.6 Å². The molecule has 0 atom stereocenters. The fourth-order valence-electron chi connectivity index (χ4n) is 1.59. The predicted molar refractivity (Wildman–Crippen MR) is 74.5 cm³/mol. The van der Waals surface area contributed by atoms with Crippen LogP contribution in [0.25, 0.3) is 0 Å². The molecule has 0 unspecified atom stereocenters. The Morgan fingerprint density at radius 1 is 1.40 bits per heavy atom. The molecule has 1 aromatic rings. The van der Waals surface area contributed by atoms with Crippen LogP contribution in [0.1, 0.15) is 30.6 Å². The van der Waals surface area contributed by atoms with Crippen molar-refractivity contribution in [2.75, 3.05) is 6.61 Å². The van der Waals surface area contributed by atoms with E-state index in [0.717, 1.165) is 12.1 Å². The summed E-state index contributed by atoms with van der Waals surface area (Å²) in [6, 6.07) is 3.40. The lowest BCUT2D eigenvalue weighted by atomic mass is 10.0. The Hall–Kier alpha value is -1.15. The molecular weight excluding hydrogens is 306 g/mol. The number of aliphatic hydroxyl groups is 1. The number of carboxylic acid groups (broad SMARTS) is 1. The van der Waals surface area contributed by atoms with Crippen LogP contribution in [0.5, 0.6) is 0 Å². The highest BCUT2D eigenvalue weighted by Crippen LogP contribution is 2.22. The van der Waals surface area contributed by atoms with Gasteiger partial charge in [0.1, 0.15) is 0 Å². The lowest BCUT2D eigenvalue weighted by Crippen LogP contribution is -2.43. The van der Waals surface area contributed by atoms with E-state index >= 15 is 0 Å². The van der Waals surface area contributed by atoms with Crippen molar-refractivity contribution in [1.82, 2.24) is 4.72 Å². The van der Waals surface area contributed by atoms with Gasteiger partial charge in [0, 0.05) is 12.1 Å². The minimum atomic E-state index is -3.84. The molecule has 0 radical (unpaired) electrons. The molecule has 0 saturated carbocycles. The fraction of sp³-hybridized carbons (Fsp3) is 0.417. The van der Waals surface area contributed by atoms with Crippen LogP contribution < -0.4 is 4.72 Å². The summed E-state index contributed by atoms with van der Waals surface area (Å²) >= 11 is 5.75. The second-order valence-corrected chi connectivity index (χ2v) is 7.00. The molecule has 0 aliphatic carbocycles. The standard InChI is InChI=1S/C12H16ClNO5S/c1-12(2,5-6-15)14-20(18,19)8-3-4-9(11(16)17)10(13)7-8/h3-4,7,14-15H,5-6H2,1-2H3,(H,16,17). The van der Waals surface area contributed by atoms with E-state index in [-0.39, 0.29) is 28.5 Å². The molecule has 0 heterocycles. The number of sulfonamides is 1. The van der Waals surface area contributed by atoms with E-state index < -0.39 is 21.5 Å². The summed E-state index contributed by atoms with van der Waals surface area (Å²) in [6.45, 7) is 3.11. The van der Waals surface area contributed by atoms with Crippen molar-refractivity contribution < 1.29 is 23.4 Å². The molecular formula is C12H16ClNO5S. The molecule has 6 nitrogen and oxygen atoms in total. The molecule has 0 fully saturated rings. The summed E-state index contributed by atoms with van der Waals surface area (Å²) in [4.78, 5) is 10.7. The minimum Gasteiger partial charge on any atom is -0.478 e. The first-order chi connectivity index (χ1) is 9.09. The molecule has 112 valence electrons. The average molecular weight is 322 g/mol. The van der Waals surface area contributed by atoms with Crippen molar-refractivity contribution in [2.45, 2.75) is 30.7 Å². The molecule has 3 N–H and O–H groups in total. The Labute approximate surface area is 122 Å². The first-order valence-corrected chi connectivity index (χ1v) is 7.63. The number of benzene rings is 1. The van der Waals surface area contributed by atoms with Crippen LogP contribution in [0, 0.1) is 0 Å². The second kappa shape index (κ2) is 6.09. The Morgan fingerprint density at radius 3 is 2.45 bits per heavy atom. The van der Waals surface area contributed by atoms with Crippen molar-refractivity contribution >= 4 is 27.6 Å². The average Bonchev–Trinajstić information content (AvgIpc) is 2.26. The van der Waals surface area contributed by atoms with E-state index in [4.69, 9.17) is 21.8 Å². The lowest BCUT2D eigenvalue weighted by Gasteiger charge is -2.25. The van der Waals surface area contributed by atoms with Gasteiger partial charge in [0.05, 0.1) is 15.5 Å². The van der Waals surface area contributed by atoms with E-state index in [1.165, 1.54) is 6.07 Å². The van der Waals surface area contributed by atoms with Crippen molar-refractivity contribution in [3.8, 4) is 0 Å². The van der Waals surface area contributed by atoms with Crippen LogP contribution in [-0.4, -0.2) is 36.7 Å². The number of halogens is 1. The zero-order chi connectivity index (χ0) is 15.6. The van der Waals surface area contributed by atoms with Crippen LogP contribution in [-0.2, 0) is 10.0 Å². The maximum absolute atomic E-state index is 12.2. The van der Waals surface area contributed by atoms with Gasteiger partial charge < -0.3 is 10.2 Å². The first kappa shape index (κ1) is 16.9. The molecule has 0 aromatic heterocycles. The van der Waals surface area contributed by atoms with Gasteiger partial charge in [0.15, 0.2) is 0 Å². The molecule has 1 aromatic carbocycles. The quantitative estimate of drug-likeness (QED) is 0.736. The van der Waals surface area contributed by atoms with Crippen LogP contribution in [0.4, 0.5) is 0 Å². The van der Waals surface area contributed by atoms with Gasteiger partial charge in [0.2, 0.25) is 10.0 Å². The van der Waals surface area contributed by atoms with E-state index in [9.17, 15) is 13.2 Å². The van der Waals surface area contributed by atoms with Gasteiger partial charge >= 0.3 is 5.97 Å². The van der Waals surface area contributed by atoms with Crippen LogP contribution >= 0.6 is 11.6 Å². The Morgan fingerprint density at radius 2 is 2.00 bits per heavy atom. The molecule has 1 rings (SSSR count). The molecule has 0 amide bonds. The number of aliphatic hydroxyl groups excluding tert-OH is 1. The maximum Gasteiger partial charge on any atom is 0.337 e. The molecule has 8 heteroatoms. The van der Waals surface area contributed by atoms with Crippen LogP contribution in [0.3, 0.4) is 0 Å². The third-order valence-electron chi connectivity index (χ3n) is 2.63. The van der Waals surface area contributed by atoms with E-state index in [1.807, 2.05) is 0 Å². The SMILES string of the molecule is CC(C)(CCO)NS(=O)(=O)c1ccc(C(=O)O)c(Cl)c1. The molecule has 0 spiro atoms. The summed E-state index contributed by atoms with van der Waals surface area (Å²) in [5.41, 5.74) is -0.994. The van der Waals surface area contributed by atoms with Crippen molar-refractivity contribution in [3.05, 3.63) is 28.8 Å². The number of hydrogen-bond acceptors (Lipinski definition) is 4. The first-order valence-electron chi connectivity index (χ1n) is 5.77. The molecule has 0 aliphatic heterocycles. The zero-order valence-corrected chi connectivity index (χ0v) is 12.6. The minimum absolute atomic E-state index is 0.126. The highest BCUT2D eigenvalue weighted by molar-refractivity contribution is 7.89. The normalized spacial score (nSPS) is 12.4. The molecule has 0 bridgehead atoms. The Balaban J connectivity index is 3.11. The van der Waals surface area contributed by atoms with Gasteiger partial charge in [0.25, 0.3) is 0 Å². The number of carboxylic acids is 1. The number of nitrogens with one attached hydrogen (secondary N) is 1. The Kier molecular flexibility index (Phi) is 5.15. The van der Waals surface area contributed by atoms with E-state index in [1.54, 1.807) is 13.8 Å². The number of rotatable bonds is 6. The Bertz CT molecular complexity index is 612. The van der Waals surface area contributed by atoms with Crippen LogP contribution in [0.15, 0.2) is 23.1 Å². The van der Waals surface area contributed by atoms with Crippen molar-refractivity contribution in [2.24, 2.45) is 0 Å². The van der Waals surface area contributed by atoms with Crippen LogP contribution in [0.2, 0.25) is 5.02 Å². The third-order valence-corrected chi connectivity index (χ3v) is 4.64. The van der Waals surface area contributed by atoms with Gasteiger partial charge in [-0.05, 0) is 38.5 Å². The smallest absolute Gasteiger partial charge is 0.337 e. The van der Waals surface area contributed by atoms with Gasteiger partial charge in [-0.2, -0.15) is 0 Å². The van der Waals surface area contributed by atoms with E-state index in [0.29, 0.717) is 0 Å². The molecule has 0 saturated heterocycles. The summed E-state index contributed by atoms with van der Waals surface area (Å²) in [6.07, 6.45) is 0.243. The van der Waals surface area contributed by atoms with Gasteiger partial charge in [-0.25, -0.2) is 17.9 Å².